The fourth-order valence-corrected chi connectivity index (χ4v) is 2.29. The second kappa shape index (κ2) is 6.32. The minimum absolute atomic E-state index is 0.0309. The van der Waals surface area contributed by atoms with E-state index < -0.39 is 5.97 Å². The number of hydrogen-bond donors (Lipinski definition) is 2. The molecule has 0 atom stereocenters. The Morgan fingerprint density at radius 2 is 2.00 bits per heavy atom. The number of carboxylic acid groups (broad SMARTS) is 1. The maximum absolute atomic E-state index is 11.0. The van der Waals surface area contributed by atoms with E-state index in [1.807, 2.05) is 13.1 Å². The lowest BCUT2D eigenvalue weighted by Crippen LogP contribution is -2.17. The van der Waals surface area contributed by atoms with E-state index in [1.165, 1.54) is 0 Å². The summed E-state index contributed by atoms with van der Waals surface area (Å²) in [4.78, 5) is 13.1. The molecule has 0 radical (unpaired) electrons. The topological polar surface area (TPSA) is 69.2 Å². The number of benzene rings is 1. The van der Waals surface area contributed by atoms with Gasteiger partial charge in [-0.2, -0.15) is 5.10 Å². The van der Waals surface area contributed by atoms with Gasteiger partial charge in [-0.1, -0.05) is 32.9 Å². The SMILES string of the molecule is CN(Cc1cccc(C(=O)O)c1)Cc1cc(C(C)(C)C)n[nH]1. The first-order valence-electron chi connectivity index (χ1n) is 7.31. The van der Waals surface area contributed by atoms with Gasteiger partial charge < -0.3 is 5.11 Å². The highest BCUT2D eigenvalue weighted by Crippen LogP contribution is 2.20. The van der Waals surface area contributed by atoms with Crippen molar-refractivity contribution in [3.63, 3.8) is 0 Å². The minimum Gasteiger partial charge on any atom is -0.478 e. The van der Waals surface area contributed by atoms with Crippen LogP contribution in [0.3, 0.4) is 0 Å². The van der Waals surface area contributed by atoms with Crippen molar-refractivity contribution in [3.8, 4) is 0 Å². The van der Waals surface area contributed by atoms with Gasteiger partial charge in [0.25, 0.3) is 0 Å². The predicted molar refractivity (Wildman–Crippen MR) is 85.9 cm³/mol. The van der Waals surface area contributed by atoms with Crippen LogP contribution in [0.2, 0.25) is 0 Å². The van der Waals surface area contributed by atoms with Crippen LogP contribution in [0.15, 0.2) is 30.3 Å². The first-order valence-corrected chi connectivity index (χ1v) is 7.31. The zero-order valence-corrected chi connectivity index (χ0v) is 13.6. The Hall–Kier alpha value is -2.14. The van der Waals surface area contributed by atoms with Gasteiger partial charge >= 0.3 is 5.97 Å². The number of nitrogens with one attached hydrogen (secondary N) is 1. The number of aromatic amines is 1. The predicted octanol–water partition coefficient (Wildman–Crippen LogP) is 3.04. The van der Waals surface area contributed by atoms with E-state index in [0.717, 1.165) is 23.5 Å². The Balaban J connectivity index is 2.01. The Morgan fingerprint density at radius 1 is 1.27 bits per heavy atom. The molecule has 0 saturated heterocycles. The highest BCUT2D eigenvalue weighted by molar-refractivity contribution is 5.87. The number of aromatic carboxylic acids is 1. The number of hydrogen-bond acceptors (Lipinski definition) is 3. The Morgan fingerprint density at radius 3 is 2.59 bits per heavy atom. The molecule has 0 aliphatic carbocycles. The lowest BCUT2D eigenvalue weighted by molar-refractivity contribution is 0.0696. The Labute approximate surface area is 131 Å². The molecule has 0 aliphatic rings. The van der Waals surface area contributed by atoms with Crippen molar-refractivity contribution >= 4 is 5.97 Å². The first kappa shape index (κ1) is 16.2. The van der Waals surface area contributed by atoms with Crippen molar-refractivity contribution in [1.82, 2.24) is 15.1 Å². The third-order valence-corrected chi connectivity index (χ3v) is 3.47. The molecule has 5 heteroatoms. The molecule has 1 heterocycles. The van der Waals surface area contributed by atoms with Crippen molar-refractivity contribution in [2.24, 2.45) is 0 Å². The number of nitrogens with zero attached hydrogens (tertiary/aromatic N) is 2. The van der Waals surface area contributed by atoms with Crippen LogP contribution in [-0.2, 0) is 18.5 Å². The number of carbonyl (C=O) groups is 1. The molecule has 0 saturated carbocycles. The monoisotopic (exact) mass is 301 g/mol. The summed E-state index contributed by atoms with van der Waals surface area (Å²) in [7, 11) is 2.01. The third-order valence-electron chi connectivity index (χ3n) is 3.47. The van der Waals surface area contributed by atoms with E-state index in [-0.39, 0.29) is 5.41 Å². The average Bonchev–Trinajstić information content (AvgIpc) is 2.87. The van der Waals surface area contributed by atoms with Gasteiger partial charge in [0, 0.05) is 24.2 Å². The van der Waals surface area contributed by atoms with Crippen LogP contribution in [0.4, 0.5) is 0 Å². The summed E-state index contributed by atoms with van der Waals surface area (Å²) in [6, 6.07) is 9.13. The van der Waals surface area contributed by atoms with Crippen molar-refractivity contribution in [2.75, 3.05) is 7.05 Å². The summed E-state index contributed by atoms with van der Waals surface area (Å²) in [5.41, 5.74) is 3.44. The number of H-pyrrole nitrogens is 1. The summed E-state index contributed by atoms with van der Waals surface area (Å²) in [6.45, 7) is 7.82. The molecule has 0 amide bonds. The summed E-state index contributed by atoms with van der Waals surface area (Å²) in [5.74, 6) is -0.895. The van der Waals surface area contributed by atoms with Crippen molar-refractivity contribution in [3.05, 3.63) is 52.8 Å². The van der Waals surface area contributed by atoms with E-state index in [1.54, 1.807) is 18.2 Å². The standard InChI is InChI=1S/C17H23N3O2/c1-17(2,3)15-9-14(18-19-15)11-20(4)10-12-6-5-7-13(8-12)16(21)22/h5-9H,10-11H2,1-4H3,(H,18,19)(H,21,22). The van der Waals surface area contributed by atoms with Crippen LogP contribution in [0, 0.1) is 0 Å². The van der Waals surface area contributed by atoms with Crippen molar-refractivity contribution in [2.45, 2.75) is 39.3 Å². The van der Waals surface area contributed by atoms with Gasteiger partial charge in [-0.25, -0.2) is 4.79 Å². The lowest BCUT2D eigenvalue weighted by atomic mass is 9.92. The van der Waals surface area contributed by atoms with Crippen LogP contribution in [0.5, 0.6) is 0 Å². The van der Waals surface area contributed by atoms with Crippen molar-refractivity contribution < 1.29 is 9.90 Å². The molecule has 1 aromatic carbocycles. The molecule has 0 aliphatic heterocycles. The highest BCUT2D eigenvalue weighted by atomic mass is 16.4. The lowest BCUT2D eigenvalue weighted by Gasteiger charge is -2.16. The fourth-order valence-electron chi connectivity index (χ4n) is 2.29. The van der Waals surface area contributed by atoms with Crippen LogP contribution in [0.1, 0.15) is 48.1 Å². The van der Waals surface area contributed by atoms with Crippen LogP contribution < -0.4 is 0 Å². The van der Waals surface area contributed by atoms with E-state index in [4.69, 9.17) is 5.11 Å². The van der Waals surface area contributed by atoms with Crippen molar-refractivity contribution in [1.29, 1.82) is 0 Å². The molecule has 2 rings (SSSR count). The molecule has 0 unspecified atom stereocenters. The minimum atomic E-state index is -0.895. The van der Waals surface area contributed by atoms with Crippen LogP contribution in [-0.4, -0.2) is 33.2 Å². The molecule has 118 valence electrons. The van der Waals surface area contributed by atoms with E-state index in [0.29, 0.717) is 12.1 Å². The molecule has 22 heavy (non-hydrogen) atoms. The van der Waals surface area contributed by atoms with Crippen LogP contribution >= 0.6 is 0 Å². The maximum atomic E-state index is 11.0. The molecule has 1 aromatic heterocycles. The summed E-state index contributed by atoms with van der Waals surface area (Å²) >= 11 is 0. The number of carboxylic acids is 1. The zero-order valence-electron chi connectivity index (χ0n) is 13.6. The second-order valence-electron chi connectivity index (χ2n) is 6.71. The smallest absolute Gasteiger partial charge is 0.335 e. The highest BCUT2D eigenvalue weighted by Gasteiger charge is 2.17. The molecular formula is C17H23N3O2. The number of aromatic nitrogens is 2. The normalized spacial score (nSPS) is 11.9. The van der Waals surface area contributed by atoms with Gasteiger partial charge in [0.2, 0.25) is 0 Å². The van der Waals surface area contributed by atoms with Gasteiger partial charge in [0.1, 0.15) is 0 Å². The quantitative estimate of drug-likeness (QED) is 0.890. The van der Waals surface area contributed by atoms with E-state index >= 15 is 0 Å². The molecule has 2 aromatic rings. The van der Waals surface area contributed by atoms with Gasteiger partial charge in [-0.3, -0.25) is 10.00 Å². The van der Waals surface area contributed by atoms with Gasteiger partial charge in [-0.15, -0.1) is 0 Å². The van der Waals surface area contributed by atoms with Gasteiger partial charge in [0.15, 0.2) is 0 Å². The largest absolute Gasteiger partial charge is 0.478 e. The maximum Gasteiger partial charge on any atom is 0.335 e. The molecular weight excluding hydrogens is 278 g/mol. The van der Waals surface area contributed by atoms with E-state index in [2.05, 4.69) is 41.9 Å². The average molecular weight is 301 g/mol. The van der Waals surface area contributed by atoms with Crippen LogP contribution in [0.25, 0.3) is 0 Å². The van der Waals surface area contributed by atoms with Gasteiger partial charge in [-0.05, 0) is 30.8 Å². The first-order chi connectivity index (χ1) is 10.3. The third kappa shape index (κ3) is 4.18. The molecule has 0 spiro atoms. The second-order valence-corrected chi connectivity index (χ2v) is 6.71. The Kier molecular flexibility index (Phi) is 4.66. The summed E-state index contributed by atoms with van der Waals surface area (Å²) in [5, 5.41) is 16.5. The number of rotatable bonds is 5. The van der Waals surface area contributed by atoms with E-state index in [9.17, 15) is 4.79 Å². The summed E-state index contributed by atoms with van der Waals surface area (Å²) in [6.07, 6.45) is 0. The zero-order chi connectivity index (χ0) is 16.3. The molecule has 0 bridgehead atoms. The molecule has 2 N–H and O–H groups in total. The summed E-state index contributed by atoms with van der Waals surface area (Å²) < 4.78 is 0. The molecule has 5 nitrogen and oxygen atoms in total. The Bertz CT molecular complexity index is 656. The molecule has 0 fully saturated rings. The van der Waals surface area contributed by atoms with Gasteiger partial charge in [0.05, 0.1) is 11.3 Å². The fraction of sp³-hybridized carbons (Fsp3) is 0.412.